The van der Waals surface area contributed by atoms with Crippen molar-refractivity contribution in [3.8, 4) is 0 Å². The van der Waals surface area contributed by atoms with E-state index >= 15 is 0 Å². The highest BCUT2D eigenvalue weighted by Crippen LogP contribution is 2.29. The van der Waals surface area contributed by atoms with Gasteiger partial charge in [0.25, 0.3) is 5.91 Å². The van der Waals surface area contributed by atoms with E-state index in [1.54, 1.807) is 11.0 Å². The third-order valence-corrected chi connectivity index (χ3v) is 3.21. The topological polar surface area (TPSA) is 71.2 Å². The van der Waals surface area contributed by atoms with Gasteiger partial charge in [-0.3, -0.25) is 4.79 Å². The number of nitrogen functional groups attached to an aromatic ring is 1. The Morgan fingerprint density at radius 1 is 1.56 bits per heavy atom. The lowest BCUT2D eigenvalue weighted by Gasteiger charge is -2.17. The van der Waals surface area contributed by atoms with Crippen molar-refractivity contribution in [3.63, 3.8) is 0 Å². The molecular formula is C13H20N4O. The highest BCUT2D eigenvalue weighted by atomic mass is 16.2. The van der Waals surface area contributed by atoms with Crippen molar-refractivity contribution in [1.82, 2.24) is 9.88 Å². The van der Waals surface area contributed by atoms with Crippen LogP contribution >= 0.6 is 0 Å². The summed E-state index contributed by atoms with van der Waals surface area (Å²) in [6.07, 6.45) is 3.26. The third-order valence-electron chi connectivity index (χ3n) is 3.21. The van der Waals surface area contributed by atoms with E-state index < -0.39 is 0 Å². The lowest BCUT2D eigenvalue weighted by atomic mass is 10.1. The van der Waals surface area contributed by atoms with Crippen LogP contribution in [0.3, 0.4) is 0 Å². The van der Waals surface area contributed by atoms with Gasteiger partial charge in [0, 0.05) is 24.8 Å². The van der Waals surface area contributed by atoms with Crippen LogP contribution in [-0.4, -0.2) is 29.4 Å². The summed E-state index contributed by atoms with van der Waals surface area (Å²) in [6.45, 7) is 2.85. The van der Waals surface area contributed by atoms with Gasteiger partial charge in [0.15, 0.2) is 0 Å². The average Bonchev–Trinajstić information content (AvgIpc) is 3.20. The van der Waals surface area contributed by atoms with Crippen LogP contribution in [0.5, 0.6) is 0 Å². The zero-order chi connectivity index (χ0) is 13.1. The van der Waals surface area contributed by atoms with Crippen molar-refractivity contribution >= 4 is 11.7 Å². The molecule has 0 bridgehead atoms. The van der Waals surface area contributed by atoms with Crippen LogP contribution in [0, 0.1) is 5.92 Å². The van der Waals surface area contributed by atoms with Gasteiger partial charge in [0.2, 0.25) is 0 Å². The smallest absolute Gasteiger partial charge is 0.253 e. The molecule has 2 rings (SSSR count). The number of carbonyl (C=O) groups is 1. The Morgan fingerprint density at radius 2 is 2.28 bits per heavy atom. The molecule has 18 heavy (non-hydrogen) atoms. The fraction of sp³-hybridized carbons (Fsp3) is 0.538. The maximum Gasteiger partial charge on any atom is 0.253 e. The van der Waals surface area contributed by atoms with Crippen LogP contribution in [0.1, 0.15) is 35.8 Å². The van der Waals surface area contributed by atoms with Gasteiger partial charge in [-0.2, -0.15) is 0 Å². The van der Waals surface area contributed by atoms with Gasteiger partial charge in [-0.05, 0) is 37.3 Å². The molecular weight excluding hydrogens is 228 g/mol. The molecule has 0 atom stereocenters. The molecule has 0 aromatic carbocycles. The molecule has 0 unspecified atom stereocenters. The van der Waals surface area contributed by atoms with E-state index in [0.717, 1.165) is 18.7 Å². The summed E-state index contributed by atoms with van der Waals surface area (Å²) in [5.41, 5.74) is 4.03. The highest BCUT2D eigenvalue weighted by molar-refractivity contribution is 5.94. The number of hydrogen-bond donors (Lipinski definition) is 2. The Hall–Kier alpha value is -1.62. The largest absolute Gasteiger partial charge is 0.341 e. The quantitative estimate of drug-likeness (QED) is 0.610. The van der Waals surface area contributed by atoms with E-state index in [1.165, 1.54) is 12.8 Å². The molecule has 98 valence electrons. The molecule has 1 fully saturated rings. The molecule has 0 radical (unpaired) electrons. The second-order valence-corrected chi connectivity index (χ2v) is 4.86. The fourth-order valence-corrected chi connectivity index (χ4v) is 1.96. The molecule has 5 heteroatoms. The van der Waals surface area contributed by atoms with Crippen molar-refractivity contribution in [2.24, 2.45) is 11.8 Å². The van der Waals surface area contributed by atoms with Crippen LogP contribution < -0.4 is 11.3 Å². The number of rotatable bonds is 5. The van der Waals surface area contributed by atoms with Crippen LogP contribution in [0.2, 0.25) is 0 Å². The second kappa shape index (κ2) is 5.35. The molecule has 3 N–H and O–H groups in total. The molecule has 1 aliphatic rings. The molecule has 0 aliphatic heterocycles. The predicted octanol–water partition coefficient (Wildman–Crippen LogP) is 1.41. The molecule has 5 nitrogen and oxygen atoms in total. The lowest BCUT2D eigenvalue weighted by Crippen LogP contribution is -2.29. The summed E-state index contributed by atoms with van der Waals surface area (Å²) >= 11 is 0. The Kier molecular flexibility index (Phi) is 3.81. The lowest BCUT2D eigenvalue weighted by molar-refractivity contribution is 0.0788. The number of carbonyl (C=O) groups excluding carboxylic acids is 1. The number of hydrazine groups is 1. The fourth-order valence-electron chi connectivity index (χ4n) is 1.96. The molecule has 0 spiro atoms. The van der Waals surface area contributed by atoms with Crippen LogP contribution in [0.15, 0.2) is 12.1 Å². The van der Waals surface area contributed by atoms with Gasteiger partial charge in [-0.15, -0.1) is 0 Å². The Bertz CT molecular complexity index is 420. The van der Waals surface area contributed by atoms with Gasteiger partial charge >= 0.3 is 0 Å². The molecule has 1 heterocycles. The first-order chi connectivity index (χ1) is 8.63. The van der Waals surface area contributed by atoms with Crippen molar-refractivity contribution < 1.29 is 4.79 Å². The first-order valence-corrected chi connectivity index (χ1v) is 6.37. The normalized spacial score (nSPS) is 14.4. The first-order valence-electron chi connectivity index (χ1n) is 6.37. The van der Waals surface area contributed by atoms with E-state index in [2.05, 4.69) is 10.4 Å². The third kappa shape index (κ3) is 2.98. The van der Waals surface area contributed by atoms with Gasteiger partial charge in [0.05, 0.1) is 0 Å². The summed E-state index contributed by atoms with van der Waals surface area (Å²) in [5.74, 6) is 6.64. The number of pyridine rings is 1. The number of hydrogen-bond acceptors (Lipinski definition) is 4. The molecule has 1 aromatic heterocycles. The van der Waals surface area contributed by atoms with Gasteiger partial charge in [-0.1, -0.05) is 6.92 Å². The summed E-state index contributed by atoms with van der Waals surface area (Å²) < 4.78 is 0. The van der Waals surface area contributed by atoms with Gasteiger partial charge in [-0.25, -0.2) is 10.8 Å². The number of aryl methyl sites for hydroxylation is 1. The van der Waals surface area contributed by atoms with E-state index in [1.807, 2.05) is 20.0 Å². The highest BCUT2D eigenvalue weighted by Gasteiger charge is 2.25. The zero-order valence-electron chi connectivity index (χ0n) is 10.9. The minimum Gasteiger partial charge on any atom is -0.341 e. The maximum absolute atomic E-state index is 12.3. The number of aromatic nitrogens is 1. The molecule has 1 saturated carbocycles. The minimum absolute atomic E-state index is 0.0375. The molecule has 1 amide bonds. The minimum atomic E-state index is 0.0375. The Morgan fingerprint density at radius 3 is 2.83 bits per heavy atom. The average molecular weight is 248 g/mol. The van der Waals surface area contributed by atoms with Crippen molar-refractivity contribution in [3.05, 3.63) is 23.4 Å². The SMILES string of the molecule is CCc1cc(C(=O)N(C)CC2CC2)cc(NN)n1. The maximum atomic E-state index is 12.3. The number of nitrogens with one attached hydrogen (secondary N) is 1. The number of nitrogens with zero attached hydrogens (tertiary/aromatic N) is 2. The van der Waals surface area contributed by atoms with Crippen LogP contribution in [-0.2, 0) is 6.42 Å². The Labute approximate surface area is 107 Å². The van der Waals surface area contributed by atoms with Crippen LogP contribution in [0.4, 0.5) is 5.82 Å². The predicted molar refractivity (Wildman–Crippen MR) is 71.1 cm³/mol. The standard InChI is InChI=1S/C13H20N4O/c1-3-11-6-10(7-12(15-11)16-14)13(18)17(2)8-9-4-5-9/h6-7,9H,3-5,8,14H2,1-2H3,(H,15,16). The number of amides is 1. The number of anilines is 1. The van der Waals surface area contributed by atoms with Crippen molar-refractivity contribution in [2.75, 3.05) is 19.0 Å². The van der Waals surface area contributed by atoms with E-state index in [9.17, 15) is 4.79 Å². The van der Waals surface area contributed by atoms with E-state index in [0.29, 0.717) is 17.3 Å². The van der Waals surface area contributed by atoms with Gasteiger partial charge < -0.3 is 10.3 Å². The first kappa shape index (κ1) is 12.8. The van der Waals surface area contributed by atoms with Crippen molar-refractivity contribution in [1.29, 1.82) is 0 Å². The molecule has 1 aliphatic carbocycles. The Balaban J connectivity index is 2.16. The summed E-state index contributed by atoms with van der Waals surface area (Å²) in [7, 11) is 1.85. The van der Waals surface area contributed by atoms with E-state index in [-0.39, 0.29) is 5.91 Å². The summed E-state index contributed by atoms with van der Waals surface area (Å²) in [4.78, 5) is 18.3. The number of nitrogens with two attached hydrogens (primary N) is 1. The van der Waals surface area contributed by atoms with Gasteiger partial charge in [0.1, 0.15) is 5.82 Å². The van der Waals surface area contributed by atoms with Crippen LogP contribution in [0.25, 0.3) is 0 Å². The second-order valence-electron chi connectivity index (χ2n) is 4.86. The monoisotopic (exact) mass is 248 g/mol. The zero-order valence-corrected chi connectivity index (χ0v) is 10.9. The summed E-state index contributed by atoms with van der Waals surface area (Å²) in [5, 5.41) is 0. The molecule has 1 aromatic rings. The van der Waals surface area contributed by atoms with Crippen molar-refractivity contribution in [2.45, 2.75) is 26.2 Å². The molecule has 0 saturated heterocycles. The summed E-state index contributed by atoms with van der Waals surface area (Å²) in [6, 6.07) is 3.54. The van der Waals surface area contributed by atoms with E-state index in [4.69, 9.17) is 5.84 Å².